The molecule has 7 nitrogen and oxygen atoms in total. The van der Waals surface area contributed by atoms with Crippen molar-refractivity contribution in [3.63, 3.8) is 0 Å². The van der Waals surface area contributed by atoms with E-state index < -0.39 is 40.2 Å². The number of hydrogen-bond acceptors (Lipinski definition) is 4. The molecule has 0 aliphatic rings. The normalized spacial score (nSPS) is 12.0. The number of aryl methyl sites for hydroxylation is 1. The van der Waals surface area contributed by atoms with Gasteiger partial charge in [0, 0.05) is 13.6 Å². The van der Waals surface area contributed by atoms with Gasteiger partial charge in [-0.15, -0.1) is 0 Å². The van der Waals surface area contributed by atoms with Crippen molar-refractivity contribution in [2.75, 3.05) is 17.9 Å². The van der Waals surface area contributed by atoms with Crippen molar-refractivity contribution in [1.29, 1.82) is 0 Å². The zero-order valence-electron chi connectivity index (χ0n) is 19.8. The standard InChI is InChI=1S/C26H28FN3O4S/c1-19-10-9-11-21(16-19)17-29(20(2)26(32)28-3)25(31)18-30(24-15-8-7-14-23(24)27)35(33,34)22-12-5-4-6-13-22/h4-16,20H,17-18H2,1-3H3,(H,28,32)/t20-/m1/s1. The van der Waals surface area contributed by atoms with Crippen molar-refractivity contribution in [2.45, 2.75) is 31.3 Å². The Morgan fingerprint density at radius 1 is 0.971 bits per heavy atom. The van der Waals surface area contributed by atoms with Gasteiger partial charge in [-0.1, -0.05) is 60.2 Å². The summed E-state index contributed by atoms with van der Waals surface area (Å²) in [6.45, 7) is 2.85. The minimum atomic E-state index is -4.29. The minimum Gasteiger partial charge on any atom is -0.357 e. The van der Waals surface area contributed by atoms with Gasteiger partial charge in [0.25, 0.3) is 10.0 Å². The van der Waals surface area contributed by atoms with Crippen molar-refractivity contribution < 1.29 is 22.4 Å². The Balaban J connectivity index is 2.04. The fourth-order valence-electron chi connectivity index (χ4n) is 3.69. The molecule has 0 heterocycles. The van der Waals surface area contributed by atoms with E-state index in [1.807, 2.05) is 31.2 Å². The van der Waals surface area contributed by atoms with Crippen LogP contribution in [0.5, 0.6) is 0 Å². The van der Waals surface area contributed by atoms with Gasteiger partial charge in [0.05, 0.1) is 10.6 Å². The molecule has 0 bridgehead atoms. The first-order valence-corrected chi connectivity index (χ1v) is 12.5. The predicted molar refractivity (Wildman–Crippen MR) is 133 cm³/mol. The summed E-state index contributed by atoms with van der Waals surface area (Å²) in [5, 5.41) is 2.52. The number of halogens is 1. The molecule has 0 aliphatic carbocycles. The summed E-state index contributed by atoms with van der Waals surface area (Å²) in [5.41, 5.74) is 1.49. The highest BCUT2D eigenvalue weighted by atomic mass is 32.2. The second-order valence-electron chi connectivity index (χ2n) is 8.08. The molecule has 184 valence electrons. The predicted octanol–water partition coefficient (Wildman–Crippen LogP) is 3.49. The first kappa shape index (κ1) is 25.9. The average molecular weight is 498 g/mol. The SMILES string of the molecule is CNC(=O)[C@@H](C)N(Cc1cccc(C)c1)C(=O)CN(c1ccccc1F)S(=O)(=O)c1ccccc1. The first-order chi connectivity index (χ1) is 16.6. The van der Waals surface area contributed by atoms with Gasteiger partial charge >= 0.3 is 0 Å². The molecule has 1 atom stereocenters. The lowest BCUT2D eigenvalue weighted by molar-refractivity contribution is -0.139. The Morgan fingerprint density at radius 3 is 2.26 bits per heavy atom. The zero-order valence-corrected chi connectivity index (χ0v) is 20.6. The van der Waals surface area contributed by atoms with E-state index in [1.165, 1.54) is 42.3 Å². The van der Waals surface area contributed by atoms with Gasteiger partial charge in [-0.05, 0) is 43.7 Å². The minimum absolute atomic E-state index is 0.0750. The van der Waals surface area contributed by atoms with E-state index in [9.17, 15) is 22.4 Å². The molecule has 3 aromatic rings. The number of nitrogens with one attached hydrogen (secondary N) is 1. The maximum atomic E-state index is 14.8. The molecular formula is C26H28FN3O4S. The third kappa shape index (κ3) is 6.05. The van der Waals surface area contributed by atoms with Crippen molar-refractivity contribution in [3.8, 4) is 0 Å². The lowest BCUT2D eigenvalue weighted by Crippen LogP contribution is -2.50. The van der Waals surface area contributed by atoms with Crippen LogP contribution in [-0.2, 0) is 26.2 Å². The van der Waals surface area contributed by atoms with E-state index in [0.29, 0.717) is 0 Å². The van der Waals surface area contributed by atoms with Crippen LogP contribution >= 0.6 is 0 Å². The van der Waals surface area contributed by atoms with Gasteiger partial charge in [0.1, 0.15) is 18.4 Å². The highest BCUT2D eigenvalue weighted by Crippen LogP contribution is 2.26. The highest BCUT2D eigenvalue weighted by Gasteiger charge is 2.33. The van der Waals surface area contributed by atoms with Gasteiger partial charge in [-0.25, -0.2) is 12.8 Å². The Hall–Kier alpha value is -3.72. The third-order valence-electron chi connectivity index (χ3n) is 5.58. The fraction of sp³-hybridized carbons (Fsp3) is 0.231. The summed E-state index contributed by atoms with van der Waals surface area (Å²) in [6, 6.07) is 19.4. The number of sulfonamides is 1. The van der Waals surface area contributed by atoms with Gasteiger partial charge in [0.15, 0.2) is 0 Å². The number of carbonyl (C=O) groups is 2. The maximum absolute atomic E-state index is 14.8. The summed E-state index contributed by atoms with van der Waals surface area (Å²) < 4.78 is 42.6. The third-order valence-corrected chi connectivity index (χ3v) is 7.35. The number of anilines is 1. The average Bonchev–Trinajstić information content (AvgIpc) is 2.85. The maximum Gasteiger partial charge on any atom is 0.264 e. The first-order valence-electron chi connectivity index (χ1n) is 11.0. The fourth-order valence-corrected chi connectivity index (χ4v) is 5.13. The molecule has 0 radical (unpaired) electrons. The topological polar surface area (TPSA) is 86.8 Å². The van der Waals surface area contributed by atoms with Gasteiger partial charge in [0.2, 0.25) is 11.8 Å². The number of hydrogen-bond donors (Lipinski definition) is 1. The molecule has 0 saturated carbocycles. The second-order valence-corrected chi connectivity index (χ2v) is 9.94. The number of para-hydroxylation sites is 1. The molecule has 0 aliphatic heterocycles. The number of carbonyl (C=O) groups excluding carboxylic acids is 2. The smallest absolute Gasteiger partial charge is 0.264 e. The van der Waals surface area contributed by atoms with Crippen molar-refractivity contribution in [2.24, 2.45) is 0 Å². The summed E-state index contributed by atoms with van der Waals surface area (Å²) in [5.74, 6) is -1.84. The molecule has 9 heteroatoms. The summed E-state index contributed by atoms with van der Waals surface area (Å²) in [6.07, 6.45) is 0. The number of amides is 2. The Kier molecular flexibility index (Phi) is 8.24. The van der Waals surface area contributed by atoms with Crippen LogP contribution in [0, 0.1) is 12.7 Å². The monoisotopic (exact) mass is 497 g/mol. The Labute approximate surface area is 205 Å². The number of rotatable bonds is 9. The van der Waals surface area contributed by atoms with E-state index in [0.717, 1.165) is 21.5 Å². The van der Waals surface area contributed by atoms with Gasteiger partial charge in [-0.2, -0.15) is 0 Å². The van der Waals surface area contributed by atoms with Crippen molar-refractivity contribution in [1.82, 2.24) is 10.2 Å². The second kappa shape index (κ2) is 11.1. The molecule has 35 heavy (non-hydrogen) atoms. The van der Waals surface area contributed by atoms with Crippen LogP contribution < -0.4 is 9.62 Å². The lowest BCUT2D eigenvalue weighted by atomic mass is 10.1. The highest BCUT2D eigenvalue weighted by molar-refractivity contribution is 7.92. The molecular weight excluding hydrogens is 469 g/mol. The molecule has 0 unspecified atom stereocenters. The molecule has 1 N–H and O–H groups in total. The largest absolute Gasteiger partial charge is 0.357 e. The van der Waals surface area contributed by atoms with Crippen LogP contribution in [0.15, 0.2) is 83.8 Å². The molecule has 3 aromatic carbocycles. The number of nitrogens with zero attached hydrogens (tertiary/aromatic N) is 2. The zero-order chi connectivity index (χ0) is 25.6. The lowest BCUT2D eigenvalue weighted by Gasteiger charge is -2.32. The molecule has 0 spiro atoms. The summed E-state index contributed by atoms with van der Waals surface area (Å²) in [4.78, 5) is 27.2. The van der Waals surface area contributed by atoms with Crippen LogP contribution in [0.2, 0.25) is 0 Å². The Bertz CT molecular complexity index is 1300. The van der Waals surface area contributed by atoms with Crippen LogP contribution in [-0.4, -0.2) is 44.8 Å². The Morgan fingerprint density at radius 2 is 1.63 bits per heavy atom. The molecule has 0 aromatic heterocycles. The molecule has 2 amide bonds. The van der Waals surface area contributed by atoms with E-state index in [4.69, 9.17) is 0 Å². The van der Waals surface area contributed by atoms with Crippen molar-refractivity contribution >= 4 is 27.5 Å². The van der Waals surface area contributed by atoms with E-state index in [1.54, 1.807) is 25.1 Å². The molecule has 0 saturated heterocycles. The quantitative estimate of drug-likeness (QED) is 0.490. The van der Waals surface area contributed by atoms with E-state index in [2.05, 4.69) is 5.32 Å². The summed E-state index contributed by atoms with van der Waals surface area (Å²) >= 11 is 0. The molecule has 3 rings (SSSR count). The van der Waals surface area contributed by atoms with E-state index in [-0.39, 0.29) is 17.1 Å². The van der Waals surface area contributed by atoms with Gasteiger partial charge in [-0.3, -0.25) is 13.9 Å². The van der Waals surface area contributed by atoms with E-state index >= 15 is 0 Å². The number of benzene rings is 3. The summed E-state index contributed by atoms with van der Waals surface area (Å²) in [7, 11) is -2.83. The van der Waals surface area contributed by atoms with Crippen LogP contribution in [0.25, 0.3) is 0 Å². The van der Waals surface area contributed by atoms with Crippen LogP contribution in [0.1, 0.15) is 18.1 Å². The van der Waals surface area contributed by atoms with Crippen LogP contribution in [0.4, 0.5) is 10.1 Å². The van der Waals surface area contributed by atoms with Crippen LogP contribution in [0.3, 0.4) is 0 Å². The molecule has 0 fully saturated rings. The van der Waals surface area contributed by atoms with Gasteiger partial charge < -0.3 is 10.2 Å². The number of likely N-dealkylation sites (N-methyl/N-ethyl adjacent to an activating group) is 1. The van der Waals surface area contributed by atoms with Crippen molar-refractivity contribution in [3.05, 3.63) is 95.8 Å².